The van der Waals surface area contributed by atoms with Crippen LogP contribution < -0.4 is 20.5 Å². The molecule has 0 aliphatic carbocycles. The van der Waals surface area contributed by atoms with Gasteiger partial charge in [0.15, 0.2) is 17.5 Å². The van der Waals surface area contributed by atoms with E-state index in [1.807, 2.05) is 18.2 Å². The first-order valence-corrected chi connectivity index (χ1v) is 5.40. The largest absolute Gasteiger partial charge is 0.493 e. The van der Waals surface area contributed by atoms with Crippen LogP contribution in [0.25, 0.3) is 0 Å². The molecule has 0 saturated heterocycles. The van der Waals surface area contributed by atoms with Crippen LogP contribution >= 0.6 is 24.0 Å². The van der Waals surface area contributed by atoms with Gasteiger partial charge in [-0.3, -0.25) is 4.99 Å². The van der Waals surface area contributed by atoms with Gasteiger partial charge >= 0.3 is 0 Å². The Hall–Kier alpha value is -1.62. The van der Waals surface area contributed by atoms with Crippen molar-refractivity contribution in [3.8, 4) is 23.8 Å². The Morgan fingerprint density at radius 1 is 1.47 bits per heavy atom. The van der Waals surface area contributed by atoms with Crippen LogP contribution in [0.2, 0.25) is 0 Å². The van der Waals surface area contributed by atoms with Crippen molar-refractivity contribution in [2.24, 2.45) is 10.7 Å². The van der Waals surface area contributed by atoms with Gasteiger partial charge in [-0.05, 0) is 17.7 Å². The molecule has 0 aliphatic rings. The number of hydrogen-bond donors (Lipinski definition) is 2. The van der Waals surface area contributed by atoms with E-state index in [1.165, 1.54) is 0 Å². The lowest BCUT2D eigenvalue weighted by atomic mass is 10.2. The number of guanidine groups is 1. The predicted molar refractivity (Wildman–Crippen MR) is 87.1 cm³/mol. The predicted octanol–water partition coefficient (Wildman–Crippen LogP) is 1.36. The summed E-state index contributed by atoms with van der Waals surface area (Å²) in [7, 11) is 3.20. The fourth-order valence-corrected chi connectivity index (χ4v) is 1.33. The smallest absolute Gasteiger partial charge is 0.188 e. The van der Waals surface area contributed by atoms with Crippen LogP contribution in [0, 0.1) is 12.3 Å². The summed E-state index contributed by atoms with van der Waals surface area (Å²) in [6, 6.07) is 5.59. The Balaban J connectivity index is 0.00000324. The summed E-state index contributed by atoms with van der Waals surface area (Å²) in [5, 5.41) is 2.96. The molecule has 1 aromatic rings. The van der Waals surface area contributed by atoms with Gasteiger partial charge in [0, 0.05) is 13.6 Å². The highest BCUT2D eigenvalue weighted by molar-refractivity contribution is 14.0. The zero-order valence-electron chi connectivity index (χ0n) is 11.0. The highest BCUT2D eigenvalue weighted by atomic mass is 127. The van der Waals surface area contributed by atoms with Crippen LogP contribution in [-0.4, -0.2) is 26.7 Å². The molecule has 0 amide bonds. The van der Waals surface area contributed by atoms with E-state index >= 15 is 0 Å². The molecule has 5 nitrogen and oxygen atoms in total. The maximum absolute atomic E-state index is 5.55. The summed E-state index contributed by atoms with van der Waals surface area (Å²) in [5.74, 6) is 4.06. The van der Waals surface area contributed by atoms with Crippen molar-refractivity contribution in [1.82, 2.24) is 5.32 Å². The lowest BCUT2D eigenvalue weighted by Gasteiger charge is -2.11. The summed E-state index contributed by atoms with van der Waals surface area (Å²) in [6.07, 6.45) is 5.16. The Morgan fingerprint density at radius 3 is 2.79 bits per heavy atom. The quantitative estimate of drug-likeness (QED) is 0.353. The number of aliphatic imine (C=N–C) groups is 1. The van der Waals surface area contributed by atoms with E-state index < -0.39 is 0 Å². The van der Waals surface area contributed by atoms with Crippen molar-refractivity contribution in [3.63, 3.8) is 0 Å². The molecule has 0 saturated carbocycles. The molecular formula is C13H18IN3O2. The number of nitrogens with zero attached hydrogens (tertiary/aromatic N) is 1. The first kappa shape index (κ1) is 17.4. The standard InChI is InChI=1S/C13H17N3O2.HI/c1-4-7-18-12-8-10(5-6-11(12)17-3)9-16-13(14)15-2;/h1,5-6,8H,7,9H2,2-3H3,(H3,14,15,16);1H. The van der Waals surface area contributed by atoms with Gasteiger partial charge in [0.25, 0.3) is 0 Å². The molecule has 0 unspecified atom stereocenters. The number of terminal acetylenes is 1. The first-order chi connectivity index (χ1) is 8.71. The third-order valence-corrected chi connectivity index (χ3v) is 2.25. The van der Waals surface area contributed by atoms with Crippen LogP contribution in [0.3, 0.4) is 0 Å². The van der Waals surface area contributed by atoms with Crippen molar-refractivity contribution in [2.75, 3.05) is 20.8 Å². The van der Waals surface area contributed by atoms with Gasteiger partial charge in [-0.1, -0.05) is 12.0 Å². The van der Waals surface area contributed by atoms with Crippen molar-refractivity contribution in [2.45, 2.75) is 6.54 Å². The molecule has 0 radical (unpaired) electrons. The minimum absolute atomic E-state index is 0. The number of methoxy groups -OCH3 is 1. The SMILES string of the molecule is C#CCOc1cc(CNC(N)=NC)ccc1OC.I. The summed E-state index contributed by atoms with van der Waals surface area (Å²) in [4.78, 5) is 3.81. The van der Waals surface area contributed by atoms with Crippen molar-refractivity contribution in [3.05, 3.63) is 23.8 Å². The first-order valence-electron chi connectivity index (χ1n) is 5.40. The van der Waals surface area contributed by atoms with Crippen LogP contribution in [0.4, 0.5) is 0 Å². The molecule has 0 fully saturated rings. The molecule has 1 rings (SSSR count). The topological polar surface area (TPSA) is 68.9 Å². The molecule has 0 bridgehead atoms. The molecular weight excluding hydrogens is 357 g/mol. The van der Waals surface area contributed by atoms with E-state index in [1.54, 1.807) is 14.2 Å². The normalized spacial score (nSPS) is 10.1. The fourth-order valence-electron chi connectivity index (χ4n) is 1.33. The third kappa shape index (κ3) is 5.70. The number of nitrogens with two attached hydrogens (primary N) is 1. The summed E-state index contributed by atoms with van der Waals surface area (Å²) in [6.45, 7) is 0.755. The second-order valence-corrected chi connectivity index (χ2v) is 3.44. The molecule has 0 aromatic heterocycles. The molecule has 3 N–H and O–H groups in total. The Morgan fingerprint density at radius 2 is 2.21 bits per heavy atom. The average Bonchev–Trinajstić information content (AvgIpc) is 2.42. The molecule has 0 atom stereocenters. The zero-order chi connectivity index (χ0) is 13.4. The second kappa shape index (κ2) is 9.33. The molecule has 19 heavy (non-hydrogen) atoms. The van der Waals surface area contributed by atoms with Crippen LogP contribution in [0.5, 0.6) is 11.5 Å². The number of benzene rings is 1. The van der Waals surface area contributed by atoms with E-state index in [0.29, 0.717) is 24.0 Å². The molecule has 6 heteroatoms. The lowest BCUT2D eigenvalue weighted by Crippen LogP contribution is -2.30. The van der Waals surface area contributed by atoms with Gasteiger partial charge in [0.2, 0.25) is 0 Å². The van der Waals surface area contributed by atoms with Crippen molar-refractivity contribution in [1.29, 1.82) is 0 Å². The zero-order valence-corrected chi connectivity index (χ0v) is 13.3. The summed E-state index contributed by atoms with van der Waals surface area (Å²) in [5.41, 5.74) is 6.55. The van der Waals surface area contributed by atoms with E-state index in [-0.39, 0.29) is 30.6 Å². The molecule has 0 aliphatic heterocycles. The van der Waals surface area contributed by atoms with Crippen molar-refractivity contribution >= 4 is 29.9 Å². The number of rotatable bonds is 5. The molecule has 0 spiro atoms. The number of hydrogen-bond acceptors (Lipinski definition) is 3. The maximum Gasteiger partial charge on any atom is 0.188 e. The van der Waals surface area contributed by atoms with Gasteiger partial charge in [-0.2, -0.15) is 0 Å². The van der Waals surface area contributed by atoms with Gasteiger partial charge in [-0.25, -0.2) is 0 Å². The minimum Gasteiger partial charge on any atom is -0.493 e. The third-order valence-electron chi connectivity index (χ3n) is 2.25. The van der Waals surface area contributed by atoms with Crippen LogP contribution in [-0.2, 0) is 6.54 Å². The maximum atomic E-state index is 5.55. The van der Waals surface area contributed by atoms with Gasteiger partial charge in [-0.15, -0.1) is 30.4 Å². The second-order valence-electron chi connectivity index (χ2n) is 3.44. The van der Waals surface area contributed by atoms with Gasteiger partial charge in [0.1, 0.15) is 6.61 Å². The monoisotopic (exact) mass is 375 g/mol. The van der Waals surface area contributed by atoms with E-state index in [0.717, 1.165) is 5.56 Å². The van der Waals surface area contributed by atoms with Gasteiger partial charge < -0.3 is 20.5 Å². The Labute approximate surface area is 130 Å². The Bertz CT molecular complexity index is 469. The fraction of sp³-hybridized carbons (Fsp3) is 0.308. The minimum atomic E-state index is 0. The molecule has 0 heterocycles. The Kier molecular flexibility index (Phi) is 8.53. The van der Waals surface area contributed by atoms with E-state index in [2.05, 4.69) is 16.2 Å². The number of halogens is 1. The van der Waals surface area contributed by atoms with E-state index in [9.17, 15) is 0 Å². The van der Waals surface area contributed by atoms with Crippen molar-refractivity contribution < 1.29 is 9.47 Å². The van der Waals surface area contributed by atoms with Gasteiger partial charge in [0.05, 0.1) is 7.11 Å². The lowest BCUT2D eigenvalue weighted by molar-refractivity contribution is 0.330. The summed E-state index contributed by atoms with van der Waals surface area (Å²) >= 11 is 0. The van der Waals surface area contributed by atoms with E-state index in [4.69, 9.17) is 21.6 Å². The number of nitrogens with one attached hydrogen (secondary N) is 1. The molecule has 1 aromatic carbocycles. The highest BCUT2D eigenvalue weighted by Crippen LogP contribution is 2.27. The summed E-state index contributed by atoms with van der Waals surface area (Å²) < 4.78 is 10.6. The number of ether oxygens (including phenoxy) is 2. The van der Waals surface area contributed by atoms with Crippen LogP contribution in [0.1, 0.15) is 5.56 Å². The highest BCUT2D eigenvalue weighted by Gasteiger charge is 2.05. The van der Waals surface area contributed by atoms with Crippen LogP contribution in [0.15, 0.2) is 23.2 Å². The molecule has 104 valence electrons. The average molecular weight is 375 g/mol.